The Morgan fingerprint density at radius 3 is 2.64 bits per heavy atom. The molecule has 4 heterocycles. The molecule has 0 aromatic carbocycles. The van der Waals surface area contributed by atoms with Gasteiger partial charge in [-0.2, -0.15) is 4.98 Å². The highest BCUT2D eigenvalue weighted by molar-refractivity contribution is 5.80. The fourth-order valence-electron chi connectivity index (χ4n) is 4.62. The first-order chi connectivity index (χ1) is 12.3. The number of guanidine groups is 1. The third-order valence-corrected chi connectivity index (χ3v) is 6.08. The second-order valence-electron chi connectivity index (χ2n) is 7.91. The van der Waals surface area contributed by atoms with Gasteiger partial charge in [-0.1, -0.05) is 12.1 Å². The van der Waals surface area contributed by atoms with E-state index in [-0.39, 0.29) is 0 Å². The van der Waals surface area contributed by atoms with E-state index in [1.165, 1.54) is 25.7 Å². The standard InChI is InChI=1S/C18H27N5O2/c1-2-7-19-18(20-8-16-21-17(22-25-16)11-3-4-11)23-9-12-13(10-23)15-6-5-14(12)24-15/h11-15H,2-10H2,1H3,(H,19,20)/t12-,13+,14-,15-/m1/s1. The van der Waals surface area contributed by atoms with E-state index in [1.807, 2.05) is 0 Å². The van der Waals surface area contributed by atoms with Crippen LogP contribution in [-0.4, -0.2) is 52.8 Å². The molecule has 0 unspecified atom stereocenters. The minimum Gasteiger partial charge on any atom is -0.374 e. The molecule has 1 aliphatic carbocycles. The van der Waals surface area contributed by atoms with Gasteiger partial charge in [0.15, 0.2) is 11.8 Å². The third kappa shape index (κ3) is 2.92. The number of aromatic nitrogens is 2. The Hall–Kier alpha value is -1.63. The molecule has 2 bridgehead atoms. The van der Waals surface area contributed by atoms with Crippen LogP contribution >= 0.6 is 0 Å². The second-order valence-corrected chi connectivity index (χ2v) is 7.91. The van der Waals surface area contributed by atoms with Crippen LogP contribution < -0.4 is 5.32 Å². The van der Waals surface area contributed by atoms with Crippen LogP contribution in [-0.2, 0) is 11.3 Å². The predicted molar refractivity (Wildman–Crippen MR) is 92.2 cm³/mol. The molecule has 4 aliphatic rings. The first-order valence-electron chi connectivity index (χ1n) is 9.83. The molecule has 1 aromatic rings. The maximum absolute atomic E-state index is 6.09. The van der Waals surface area contributed by atoms with E-state index >= 15 is 0 Å². The molecule has 1 aromatic heterocycles. The predicted octanol–water partition coefficient (Wildman–Crippen LogP) is 1.91. The highest BCUT2D eigenvalue weighted by Gasteiger charge is 2.53. The van der Waals surface area contributed by atoms with Gasteiger partial charge in [-0.3, -0.25) is 0 Å². The van der Waals surface area contributed by atoms with Crippen molar-refractivity contribution in [2.45, 2.75) is 63.7 Å². The molecular formula is C18H27N5O2. The van der Waals surface area contributed by atoms with E-state index in [0.717, 1.165) is 37.8 Å². The van der Waals surface area contributed by atoms with Crippen molar-refractivity contribution in [1.82, 2.24) is 20.4 Å². The summed E-state index contributed by atoms with van der Waals surface area (Å²) in [4.78, 5) is 11.7. The lowest BCUT2D eigenvalue weighted by Gasteiger charge is -2.23. The number of hydrogen-bond acceptors (Lipinski definition) is 5. The molecular weight excluding hydrogens is 318 g/mol. The summed E-state index contributed by atoms with van der Waals surface area (Å²) in [5, 5.41) is 7.59. The highest BCUT2D eigenvalue weighted by atomic mass is 16.5. The van der Waals surface area contributed by atoms with E-state index in [2.05, 4.69) is 27.3 Å². The van der Waals surface area contributed by atoms with E-state index in [9.17, 15) is 0 Å². The molecule has 4 fully saturated rings. The Bertz CT molecular complexity index is 638. The van der Waals surface area contributed by atoms with E-state index < -0.39 is 0 Å². The summed E-state index contributed by atoms with van der Waals surface area (Å²) in [7, 11) is 0. The van der Waals surface area contributed by atoms with E-state index in [0.29, 0.717) is 42.4 Å². The van der Waals surface area contributed by atoms with E-state index in [4.69, 9.17) is 14.3 Å². The molecule has 1 saturated carbocycles. The zero-order valence-electron chi connectivity index (χ0n) is 14.9. The Balaban J connectivity index is 1.27. The Morgan fingerprint density at radius 2 is 1.96 bits per heavy atom. The molecule has 0 radical (unpaired) electrons. The molecule has 4 atom stereocenters. The lowest BCUT2D eigenvalue weighted by Crippen LogP contribution is -2.41. The van der Waals surface area contributed by atoms with Crippen molar-refractivity contribution in [3.63, 3.8) is 0 Å². The fourth-order valence-corrected chi connectivity index (χ4v) is 4.62. The van der Waals surface area contributed by atoms with Gasteiger partial charge in [-0.25, -0.2) is 4.99 Å². The first kappa shape index (κ1) is 15.6. The minimum atomic E-state index is 0.459. The largest absolute Gasteiger partial charge is 0.374 e. The summed E-state index contributed by atoms with van der Waals surface area (Å²) < 4.78 is 11.5. The van der Waals surface area contributed by atoms with Crippen LogP contribution in [0.3, 0.4) is 0 Å². The molecule has 136 valence electrons. The zero-order chi connectivity index (χ0) is 16.8. The lowest BCUT2D eigenvalue weighted by molar-refractivity contribution is 0.0767. The van der Waals surface area contributed by atoms with Crippen LogP contribution in [0.1, 0.15) is 56.7 Å². The van der Waals surface area contributed by atoms with E-state index in [1.54, 1.807) is 0 Å². The van der Waals surface area contributed by atoms with Gasteiger partial charge in [0, 0.05) is 37.4 Å². The van der Waals surface area contributed by atoms with Gasteiger partial charge in [-0.05, 0) is 32.1 Å². The number of ether oxygens (including phenoxy) is 1. The molecule has 7 nitrogen and oxygen atoms in total. The molecule has 3 saturated heterocycles. The smallest absolute Gasteiger partial charge is 0.248 e. The molecule has 1 N–H and O–H groups in total. The molecule has 3 aliphatic heterocycles. The summed E-state index contributed by atoms with van der Waals surface area (Å²) in [6.45, 7) is 5.68. The number of likely N-dealkylation sites (tertiary alicyclic amines) is 1. The number of fused-ring (bicyclic) bond motifs is 5. The number of nitrogens with zero attached hydrogens (tertiary/aromatic N) is 4. The van der Waals surface area contributed by atoms with Gasteiger partial charge in [0.25, 0.3) is 0 Å². The van der Waals surface area contributed by atoms with Crippen LogP contribution in [0.15, 0.2) is 9.52 Å². The van der Waals surface area contributed by atoms with Crippen molar-refractivity contribution in [1.29, 1.82) is 0 Å². The van der Waals surface area contributed by atoms with Crippen molar-refractivity contribution in [3.8, 4) is 0 Å². The van der Waals surface area contributed by atoms with Crippen molar-refractivity contribution < 1.29 is 9.26 Å². The lowest BCUT2D eigenvalue weighted by atomic mass is 9.82. The van der Waals surface area contributed by atoms with Crippen LogP contribution in [0.25, 0.3) is 0 Å². The summed E-state index contributed by atoms with van der Waals surface area (Å²) in [5.41, 5.74) is 0. The van der Waals surface area contributed by atoms with Crippen molar-refractivity contribution in [2.75, 3.05) is 19.6 Å². The average molecular weight is 345 g/mol. The van der Waals surface area contributed by atoms with Crippen LogP contribution in [0, 0.1) is 11.8 Å². The molecule has 0 spiro atoms. The van der Waals surface area contributed by atoms with Crippen LogP contribution in [0.5, 0.6) is 0 Å². The van der Waals surface area contributed by atoms with Crippen molar-refractivity contribution in [3.05, 3.63) is 11.7 Å². The molecule has 5 rings (SSSR count). The maximum Gasteiger partial charge on any atom is 0.248 e. The van der Waals surface area contributed by atoms with Gasteiger partial charge in [0.2, 0.25) is 5.89 Å². The van der Waals surface area contributed by atoms with Gasteiger partial charge in [-0.15, -0.1) is 0 Å². The Morgan fingerprint density at radius 1 is 1.20 bits per heavy atom. The Labute approximate surface area is 148 Å². The SMILES string of the molecule is CCCNC(=NCc1nc(C2CC2)no1)N1C[C@@H]2[C@H](C1)[C@H]1CC[C@H]2O1. The third-order valence-electron chi connectivity index (χ3n) is 6.08. The summed E-state index contributed by atoms with van der Waals surface area (Å²) in [5.74, 6) is 4.35. The Kier molecular flexibility index (Phi) is 3.91. The fraction of sp³-hybridized carbons (Fsp3) is 0.833. The quantitative estimate of drug-likeness (QED) is 0.649. The molecule has 7 heteroatoms. The monoisotopic (exact) mass is 345 g/mol. The summed E-state index contributed by atoms with van der Waals surface area (Å²) in [6, 6.07) is 0. The number of rotatable bonds is 5. The normalized spacial score (nSPS) is 34.0. The van der Waals surface area contributed by atoms with Crippen molar-refractivity contribution >= 4 is 5.96 Å². The summed E-state index contributed by atoms with van der Waals surface area (Å²) >= 11 is 0. The second kappa shape index (κ2) is 6.27. The van der Waals surface area contributed by atoms with Crippen molar-refractivity contribution in [2.24, 2.45) is 16.8 Å². The van der Waals surface area contributed by atoms with Crippen LogP contribution in [0.4, 0.5) is 0 Å². The number of hydrogen-bond donors (Lipinski definition) is 1. The minimum absolute atomic E-state index is 0.459. The highest BCUT2D eigenvalue weighted by Crippen LogP contribution is 2.47. The van der Waals surface area contributed by atoms with Gasteiger partial charge >= 0.3 is 0 Å². The maximum atomic E-state index is 6.09. The molecule has 0 amide bonds. The van der Waals surface area contributed by atoms with Gasteiger partial charge in [0.1, 0.15) is 6.54 Å². The number of nitrogens with one attached hydrogen (secondary N) is 1. The van der Waals surface area contributed by atoms with Gasteiger partial charge < -0.3 is 19.5 Å². The number of aliphatic imine (C=N–C) groups is 1. The van der Waals surface area contributed by atoms with Gasteiger partial charge in [0.05, 0.1) is 12.2 Å². The zero-order valence-corrected chi connectivity index (χ0v) is 14.9. The van der Waals surface area contributed by atoms with Crippen LogP contribution in [0.2, 0.25) is 0 Å². The molecule has 25 heavy (non-hydrogen) atoms. The summed E-state index contributed by atoms with van der Waals surface area (Å²) in [6.07, 6.45) is 6.88. The topological polar surface area (TPSA) is 75.8 Å². The first-order valence-corrected chi connectivity index (χ1v) is 9.83. The average Bonchev–Trinajstić information content (AvgIpc) is 3.02.